The van der Waals surface area contributed by atoms with Crippen molar-refractivity contribution in [1.29, 1.82) is 0 Å². The summed E-state index contributed by atoms with van der Waals surface area (Å²) < 4.78 is 0. The highest BCUT2D eigenvalue weighted by atomic mass is 16.2. The number of nitrogens with two attached hydrogens (primary N) is 1. The van der Waals surface area contributed by atoms with Gasteiger partial charge in [-0.05, 0) is 37.8 Å². The van der Waals surface area contributed by atoms with Gasteiger partial charge in [0.1, 0.15) is 0 Å². The number of hydrogen-bond donors (Lipinski definition) is 1. The van der Waals surface area contributed by atoms with E-state index in [1.54, 1.807) is 6.92 Å². The van der Waals surface area contributed by atoms with Crippen LogP contribution in [0.25, 0.3) is 0 Å². The van der Waals surface area contributed by atoms with Crippen LogP contribution < -0.4 is 10.6 Å². The van der Waals surface area contributed by atoms with Gasteiger partial charge in [-0.3, -0.25) is 4.79 Å². The summed E-state index contributed by atoms with van der Waals surface area (Å²) in [5.74, 6) is 0.668. The summed E-state index contributed by atoms with van der Waals surface area (Å²) >= 11 is 0. The van der Waals surface area contributed by atoms with E-state index in [-0.39, 0.29) is 5.91 Å². The summed E-state index contributed by atoms with van der Waals surface area (Å²) in [6, 6.07) is 9.38. The third-order valence-corrected chi connectivity index (χ3v) is 3.39. The molecule has 0 spiro atoms. The Hall–Kier alpha value is -1.35. The molecule has 0 bridgehead atoms. The van der Waals surface area contributed by atoms with Gasteiger partial charge in [0, 0.05) is 12.2 Å². The Morgan fingerprint density at radius 2 is 2.06 bits per heavy atom. The summed E-state index contributed by atoms with van der Waals surface area (Å²) in [5.41, 5.74) is 6.68. The van der Waals surface area contributed by atoms with Gasteiger partial charge in [-0.1, -0.05) is 24.6 Å². The van der Waals surface area contributed by atoms with Crippen LogP contribution in [0.15, 0.2) is 30.3 Å². The first-order chi connectivity index (χ1) is 8.18. The highest BCUT2D eigenvalue weighted by molar-refractivity contribution is 5.96. The van der Waals surface area contributed by atoms with Gasteiger partial charge < -0.3 is 10.6 Å². The summed E-state index contributed by atoms with van der Waals surface area (Å²) in [7, 11) is 0. The van der Waals surface area contributed by atoms with E-state index in [9.17, 15) is 4.79 Å². The van der Waals surface area contributed by atoms with Gasteiger partial charge in [0.05, 0.1) is 6.04 Å². The predicted molar refractivity (Wildman–Crippen MR) is 69.8 cm³/mol. The van der Waals surface area contributed by atoms with Crippen LogP contribution >= 0.6 is 0 Å². The van der Waals surface area contributed by atoms with Crippen LogP contribution in [-0.4, -0.2) is 18.5 Å². The van der Waals surface area contributed by atoms with Crippen molar-refractivity contribution in [3.05, 3.63) is 30.3 Å². The number of amides is 1. The molecule has 1 amide bonds. The van der Waals surface area contributed by atoms with Gasteiger partial charge in [-0.25, -0.2) is 0 Å². The number of hydrogen-bond acceptors (Lipinski definition) is 2. The Kier molecular flexibility index (Phi) is 3.79. The molecule has 2 N–H and O–H groups in total. The Bertz CT molecular complexity index is 371. The Labute approximate surface area is 103 Å². The topological polar surface area (TPSA) is 46.3 Å². The normalized spacial score (nSPS) is 17.3. The third-order valence-electron chi connectivity index (χ3n) is 3.39. The maximum Gasteiger partial charge on any atom is 0.243 e. The van der Waals surface area contributed by atoms with E-state index in [0.29, 0.717) is 5.92 Å². The van der Waals surface area contributed by atoms with Gasteiger partial charge in [-0.2, -0.15) is 0 Å². The van der Waals surface area contributed by atoms with Crippen molar-refractivity contribution in [2.24, 2.45) is 11.7 Å². The molecule has 1 atom stereocenters. The zero-order chi connectivity index (χ0) is 12.3. The quantitative estimate of drug-likeness (QED) is 0.864. The highest BCUT2D eigenvalue weighted by Gasteiger charge is 2.25. The van der Waals surface area contributed by atoms with Crippen molar-refractivity contribution in [2.75, 3.05) is 11.4 Å². The highest BCUT2D eigenvalue weighted by Crippen LogP contribution is 2.29. The Balaban J connectivity index is 2.14. The lowest BCUT2D eigenvalue weighted by atomic mass is 9.85. The lowest BCUT2D eigenvalue weighted by Gasteiger charge is -2.33. The van der Waals surface area contributed by atoms with Gasteiger partial charge >= 0.3 is 0 Å². The first-order valence-electron chi connectivity index (χ1n) is 6.30. The maximum absolute atomic E-state index is 12.1. The van der Waals surface area contributed by atoms with Crippen LogP contribution in [0.4, 0.5) is 5.69 Å². The minimum Gasteiger partial charge on any atom is -0.320 e. The average molecular weight is 232 g/mol. The van der Waals surface area contributed by atoms with E-state index >= 15 is 0 Å². The molecule has 1 fully saturated rings. The third kappa shape index (κ3) is 2.86. The van der Waals surface area contributed by atoms with Crippen LogP contribution in [0.5, 0.6) is 0 Å². The minimum atomic E-state index is -0.435. The molecule has 0 radical (unpaired) electrons. The van der Waals surface area contributed by atoms with E-state index in [1.807, 2.05) is 35.2 Å². The molecule has 0 aromatic heterocycles. The molecule has 0 aliphatic heterocycles. The molecule has 92 valence electrons. The van der Waals surface area contributed by atoms with Crippen molar-refractivity contribution in [1.82, 2.24) is 0 Å². The first kappa shape index (κ1) is 12.1. The molecule has 1 aliphatic rings. The van der Waals surface area contributed by atoms with E-state index in [4.69, 9.17) is 5.73 Å². The summed E-state index contributed by atoms with van der Waals surface area (Å²) in [6.45, 7) is 2.56. The molecule has 1 saturated carbocycles. The molecular weight excluding hydrogens is 212 g/mol. The second-order valence-corrected chi connectivity index (χ2v) is 4.87. The number of nitrogens with zero attached hydrogens (tertiary/aromatic N) is 1. The number of para-hydroxylation sites is 1. The van der Waals surface area contributed by atoms with E-state index in [2.05, 4.69) is 0 Å². The SMILES string of the molecule is CC(N)C(=O)N(CC1CCC1)c1ccccc1. The Morgan fingerprint density at radius 1 is 1.41 bits per heavy atom. The fourth-order valence-electron chi connectivity index (χ4n) is 2.11. The van der Waals surface area contributed by atoms with Gasteiger partial charge in [-0.15, -0.1) is 0 Å². The van der Waals surface area contributed by atoms with Gasteiger partial charge in [0.25, 0.3) is 0 Å². The molecule has 3 nitrogen and oxygen atoms in total. The molecule has 3 heteroatoms. The smallest absolute Gasteiger partial charge is 0.243 e. The molecule has 1 unspecified atom stereocenters. The van der Waals surface area contributed by atoms with E-state index in [1.165, 1.54) is 19.3 Å². The standard InChI is InChI=1S/C14H20N2O/c1-11(15)14(17)16(10-12-6-5-7-12)13-8-3-2-4-9-13/h2-4,8-9,11-12H,5-7,10,15H2,1H3. The van der Waals surface area contributed by atoms with Crippen LogP contribution in [0, 0.1) is 5.92 Å². The number of anilines is 1. The predicted octanol–water partition coefficient (Wildman–Crippen LogP) is 2.17. The molecule has 17 heavy (non-hydrogen) atoms. The first-order valence-corrected chi connectivity index (χ1v) is 6.30. The number of carbonyl (C=O) groups is 1. The number of carbonyl (C=O) groups excluding carboxylic acids is 1. The van der Waals surface area contributed by atoms with Crippen molar-refractivity contribution in [3.8, 4) is 0 Å². The van der Waals surface area contributed by atoms with Crippen molar-refractivity contribution in [2.45, 2.75) is 32.2 Å². The van der Waals surface area contributed by atoms with Gasteiger partial charge in [0.2, 0.25) is 5.91 Å². The fourth-order valence-corrected chi connectivity index (χ4v) is 2.11. The largest absolute Gasteiger partial charge is 0.320 e. The van der Waals surface area contributed by atoms with Gasteiger partial charge in [0.15, 0.2) is 0 Å². The van der Waals surface area contributed by atoms with Crippen LogP contribution in [0.2, 0.25) is 0 Å². The van der Waals surface area contributed by atoms with E-state index < -0.39 is 6.04 Å². The monoisotopic (exact) mass is 232 g/mol. The lowest BCUT2D eigenvalue weighted by Crippen LogP contribution is -2.45. The van der Waals surface area contributed by atoms with E-state index in [0.717, 1.165) is 12.2 Å². The molecule has 0 heterocycles. The Morgan fingerprint density at radius 3 is 2.53 bits per heavy atom. The lowest BCUT2D eigenvalue weighted by molar-refractivity contribution is -0.119. The minimum absolute atomic E-state index is 0.0168. The van der Waals surface area contributed by atoms with Crippen molar-refractivity contribution >= 4 is 11.6 Å². The van der Waals surface area contributed by atoms with Crippen LogP contribution in [-0.2, 0) is 4.79 Å². The molecule has 1 aliphatic carbocycles. The molecule has 0 saturated heterocycles. The molecule has 1 aromatic carbocycles. The molecule has 1 aromatic rings. The summed E-state index contributed by atoms with van der Waals surface area (Å²) in [5, 5.41) is 0. The van der Waals surface area contributed by atoms with Crippen molar-refractivity contribution < 1.29 is 4.79 Å². The summed E-state index contributed by atoms with van der Waals surface area (Å²) in [6.07, 6.45) is 3.75. The van der Waals surface area contributed by atoms with Crippen LogP contribution in [0.1, 0.15) is 26.2 Å². The molecular formula is C14H20N2O. The second-order valence-electron chi connectivity index (χ2n) is 4.87. The number of benzene rings is 1. The maximum atomic E-state index is 12.1. The zero-order valence-electron chi connectivity index (χ0n) is 10.3. The zero-order valence-corrected chi connectivity index (χ0v) is 10.3. The average Bonchev–Trinajstić information content (AvgIpc) is 2.28. The number of rotatable bonds is 4. The van der Waals surface area contributed by atoms with Crippen molar-refractivity contribution in [3.63, 3.8) is 0 Å². The van der Waals surface area contributed by atoms with Crippen LogP contribution in [0.3, 0.4) is 0 Å². The fraction of sp³-hybridized carbons (Fsp3) is 0.500. The molecule has 2 rings (SSSR count). The second kappa shape index (κ2) is 5.32. The summed E-state index contributed by atoms with van der Waals surface area (Å²) in [4.78, 5) is 14.0.